The lowest BCUT2D eigenvalue weighted by molar-refractivity contribution is 0.388. The highest BCUT2D eigenvalue weighted by Gasteiger charge is 2.19. The molecule has 1 fully saturated rings. The van der Waals surface area contributed by atoms with Crippen molar-refractivity contribution in [2.45, 2.75) is 19.9 Å². The van der Waals surface area contributed by atoms with Gasteiger partial charge in [-0.25, -0.2) is 4.39 Å². The van der Waals surface area contributed by atoms with E-state index in [4.69, 9.17) is 16.9 Å². The Bertz CT molecular complexity index is 844. The van der Waals surface area contributed by atoms with E-state index in [0.29, 0.717) is 23.0 Å². The van der Waals surface area contributed by atoms with Gasteiger partial charge in [-0.3, -0.25) is 0 Å². The number of hydrogen-bond donors (Lipinski definition) is 1. The fraction of sp³-hybridized carbons (Fsp3) is 0.381. The Labute approximate surface area is 159 Å². The maximum absolute atomic E-state index is 14.0. The van der Waals surface area contributed by atoms with E-state index < -0.39 is 5.82 Å². The summed E-state index contributed by atoms with van der Waals surface area (Å²) in [6.45, 7) is 5.95. The van der Waals surface area contributed by atoms with Crippen LogP contribution in [0.2, 0.25) is 5.02 Å². The molecule has 0 spiro atoms. The molecule has 1 atom stereocenters. The van der Waals surface area contributed by atoms with Crippen LogP contribution >= 0.6 is 11.6 Å². The minimum atomic E-state index is -0.521. The van der Waals surface area contributed by atoms with Crippen LogP contribution in [0.3, 0.4) is 0 Å². The highest BCUT2D eigenvalue weighted by atomic mass is 35.5. The fourth-order valence-electron chi connectivity index (χ4n) is 3.56. The van der Waals surface area contributed by atoms with Gasteiger partial charge >= 0.3 is 0 Å². The predicted molar refractivity (Wildman–Crippen MR) is 104 cm³/mol. The van der Waals surface area contributed by atoms with Crippen LogP contribution in [0.4, 0.5) is 4.39 Å². The van der Waals surface area contributed by atoms with E-state index in [9.17, 15) is 4.39 Å². The fourth-order valence-corrected chi connectivity index (χ4v) is 3.84. The zero-order chi connectivity index (χ0) is 18.7. The van der Waals surface area contributed by atoms with E-state index in [-0.39, 0.29) is 5.56 Å². The number of nitrogens with one attached hydrogen (secondary N) is 1. The molecule has 1 heterocycles. The minimum absolute atomic E-state index is 0.0425. The molecule has 0 radical (unpaired) electrons. The molecule has 136 valence electrons. The summed E-state index contributed by atoms with van der Waals surface area (Å²) >= 11 is 6.62. The van der Waals surface area contributed by atoms with E-state index >= 15 is 0 Å². The Hall–Kier alpha value is -1.93. The summed E-state index contributed by atoms with van der Waals surface area (Å²) in [6, 6.07) is 10.5. The van der Waals surface area contributed by atoms with Crippen molar-refractivity contribution < 1.29 is 4.39 Å². The minimum Gasteiger partial charge on any atom is -0.312 e. The lowest BCUT2D eigenvalue weighted by atomic mass is 9.98. The third kappa shape index (κ3) is 4.24. The molecule has 3 rings (SSSR count). The van der Waals surface area contributed by atoms with Crippen molar-refractivity contribution in [2.75, 3.05) is 26.7 Å². The van der Waals surface area contributed by atoms with E-state index in [1.165, 1.54) is 18.6 Å². The van der Waals surface area contributed by atoms with Crippen LogP contribution in [0.5, 0.6) is 0 Å². The molecule has 1 unspecified atom stereocenters. The van der Waals surface area contributed by atoms with Crippen LogP contribution in [0.25, 0.3) is 11.1 Å². The molecule has 0 amide bonds. The molecule has 2 aromatic carbocycles. The molecule has 1 aliphatic rings. The largest absolute Gasteiger partial charge is 0.312 e. The van der Waals surface area contributed by atoms with Gasteiger partial charge in [-0.05, 0) is 68.7 Å². The van der Waals surface area contributed by atoms with Gasteiger partial charge in [0.1, 0.15) is 11.9 Å². The summed E-state index contributed by atoms with van der Waals surface area (Å²) in [5.41, 5.74) is 3.62. The van der Waals surface area contributed by atoms with Gasteiger partial charge in [0.2, 0.25) is 0 Å². The van der Waals surface area contributed by atoms with Crippen molar-refractivity contribution in [3.05, 3.63) is 57.9 Å². The summed E-state index contributed by atoms with van der Waals surface area (Å²) in [5, 5.41) is 13.0. The number of aryl methyl sites for hydroxylation is 1. The van der Waals surface area contributed by atoms with Crippen molar-refractivity contribution in [1.82, 2.24) is 10.2 Å². The third-order valence-corrected chi connectivity index (χ3v) is 5.38. The standard InChI is InChI=1S/C21H23ClFN3/c1-14-7-18(12-25-11-15-5-6-26(2)13-15)21(22)19(8-14)16-3-4-17(10-24)20(23)9-16/h3-4,7-9,15,25H,5-6,11-13H2,1-2H3. The molecule has 1 aliphatic heterocycles. The number of nitriles is 1. The number of hydrogen-bond acceptors (Lipinski definition) is 3. The van der Waals surface area contributed by atoms with Gasteiger partial charge in [-0.2, -0.15) is 5.26 Å². The van der Waals surface area contributed by atoms with E-state index in [1.807, 2.05) is 19.1 Å². The normalized spacial score (nSPS) is 17.4. The summed E-state index contributed by atoms with van der Waals surface area (Å²) in [7, 11) is 2.15. The van der Waals surface area contributed by atoms with E-state index in [0.717, 1.165) is 36.3 Å². The quantitative estimate of drug-likeness (QED) is 0.848. The second-order valence-corrected chi connectivity index (χ2v) is 7.52. The van der Waals surface area contributed by atoms with Gasteiger partial charge in [-0.1, -0.05) is 29.3 Å². The maximum atomic E-state index is 14.0. The van der Waals surface area contributed by atoms with Gasteiger partial charge in [0.25, 0.3) is 0 Å². The van der Waals surface area contributed by atoms with Gasteiger partial charge < -0.3 is 10.2 Å². The molecule has 0 aliphatic carbocycles. The lowest BCUT2D eigenvalue weighted by Crippen LogP contribution is -2.24. The summed E-state index contributed by atoms with van der Waals surface area (Å²) in [5.74, 6) is 0.156. The Morgan fingerprint density at radius 3 is 2.81 bits per heavy atom. The molecule has 0 bridgehead atoms. The van der Waals surface area contributed by atoms with Crippen LogP contribution in [0, 0.1) is 30.0 Å². The molecule has 3 nitrogen and oxygen atoms in total. The first-order chi connectivity index (χ1) is 12.5. The third-order valence-electron chi connectivity index (χ3n) is 4.93. The lowest BCUT2D eigenvalue weighted by Gasteiger charge is -2.15. The molecule has 0 aromatic heterocycles. The second kappa shape index (κ2) is 8.18. The number of benzene rings is 2. The summed E-state index contributed by atoms with van der Waals surface area (Å²) in [6.07, 6.45) is 1.22. The van der Waals surface area contributed by atoms with Gasteiger partial charge in [-0.15, -0.1) is 0 Å². The zero-order valence-electron chi connectivity index (χ0n) is 15.1. The molecular formula is C21H23ClFN3. The maximum Gasteiger partial charge on any atom is 0.141 e. The summed E-state index contributed by atoms with van der Waals surface area (Å²) in [4.78, 5) is 2.35. The Kier molecular flexibility index (Phi) is 5.93. The van der Waals surface area contributed by atoms with Crippen molar-refractivity contribution >= 4 is 11.6 Å². The zero-order valence-corrected chi connectivity index (χ0v) is 15.9. The van der Waals surface area contributed by atoms with Crippen LogP contribution in [-0.4, -0.2) is 31.6 Å². The van der Waals surface area contributed by atoms with Crippen LogP contribution in [0.15, 0.2) is 30.3 Å². The van der Waals surface area contributed by atoms with Gasteiger partial charge in [0.05, 0.1) is 10.6 Å². The molecule has 26 heavy (non-hydrogen) atoms. The Morgan fingerprint density at radius 2 is 2.15 bits per heavy atom. The molecule has 2 aromatic rings. The second-order valence-electron chi connectivity index (χ2n) is 7.14. The molecule has 5 heteroatoms. The van der Waals surface area contributed by atoms with E-state index in [2.05, 4.69) is 23.3 Å². The van der Waals surface area contributed by atoms with E-state index in [1.54, 1.807) is 6.07 Å². The van der Waals surface area contributed by atoms with Crippen molar-refractivity contribution in [2.24, 2.45) is 5.92 Å². The van der Waals surface area contributed by atoms with Crippen molar-refractivity contribution in [3.8, 4) is 17.2 Å². The number of nitrogens with zero attached hydrogens (tertiary/aromatic N) is 2. The topological polar surface area (TPSA) is 39.1 Å². The SMILES string of the molecule is Cc1cc(CNCC2CCN(C)C2)c(Cl)c(-c2ccc(C#N)c(F)c2)c1. The van der Waals surface area contributed by atoms with Crippen molar-refractivity contribution in [3.63, 3.8) is 0 Å². The van der Waals surface area contributed by atoms with Crippen LogP contribution in [0.1, 0.15) is 23.1 Å². The number of likely N-dealkylation sites (tertiary alicyclic amines) is 1. The molecule has 1 saturated heterocycles. The van der Waals surface area contributed by atoms with Gasteiger partial charge in [0, 0.05) is 18.7 Å². The monoisotopic (exact) mass is 371 g/mol. The number of rotatable bonds is 5. The molecular weight excluding hydrogens is 349 g/mol. The first-order valence-corrected chi connectivity index (χ1v) is 9.24. The highest BCUT2D eigenvalue weighted by Crippen LogP contribution is 2.33. The Balaban J connectivity index is 1.78. The summed E-state index contributed by atoms with van der Waals surface area (Å²) < 4.78 is 14.0. The number of halogens is 2. The first kappa shape index (κ1) is 18.8. The molecule has 1 N–H and O–H groups in total. The smallest absolute Gasteiger partial charge is 0.141 e. The van der Waals surface area contributed by atoms with Gasteiger partial charge in [0.15, 0.2) is 0 Å². The average molecular weight is 372 g/mol. The molecule has 0 saturated carbocycles. The highest BCUT2D eigenvalue weighted by molar-refractivity contribution is 6.34. The first-order valence-electron chi connectivity index (χ1n) is 8.86. The van der Waals surface area contributed by atoms with Crippen LogP contribution in [-0.2, 0) is 6.54 Å². The predicted octanol–water partition coefficient (Wildman–Crippen LogP) is 4.37. The van der Waals surface area contributed by atoms with Crippen molar-refractivity contribution in [1.29, 1.82) is 5.26 Å². The van der Waals surface area contributed by atoms with Crippen LogP contribution < -0.4 is 5.32 Å². The Morgan fingerprint density at radius 1 is 1.35 bits per heavy atom. The average Bonchev–Trinajstić information content (AvgIpc) is 3.02.